The fourth-order valence-corrected chi connectivity index (χ4v) is 3.34. The zero-order chi connectivity index (χ0) is 20.1. The number of hydrogen-bond donors (Lipinski definition) is 4. The summed E-state index contributed by atoms with van der Waals surface area (Å²) < 4.78 is 5.56. The zero-order valence-electron chi connectivity index (χ0n) is 17.5. The minimum Gasteiger partial charge on any atom is -0.463 e. The Kier molecular flexibility index (Phi) is 8.15. The molecule has 1 atom stereocenters. The molecule has 2 aromatic heterocycles. The Morgan fingerprint density at radius 1 is 1.21 bits per heavy atom. The normalized spacial score (nSPS) is 13.8. The topological polar surface area (TPSA) is 85.6 Å². The maximum atomic E-state index is 10.7. The van der Waals surface area contributed by atoms with Crippen LogP contribution in [0.3, 0.4) is 0 Å². The molecule has 29 heavy (non-hydrogen) atoms. The van der Waals surface area contributed by atoms with Gasteiger partial charge in [-0.25, -0.2) is 4.99 Å². The maximum absolute atomic E-state index is 10.7. The van der Waals surface area contributed by atoms with Crippen molar-refractivity contribution in [3.05, 3.63) is 59.2 Å². The molecule has 0 saturated carbocycles. The first-order chi connectivity index (χ1) is 13.4. The number of aromatic nitrogens is 1. The van der Waals surface area contributed by atoms with Gasteiger partial charge < -0.3 is 25.1 Å². The molecule has 0 spiro atoms. The van der Waals surface area contributed by atoms with E-state index in [0.29, 0.717) is 11.7 Å². The standard InChI is InChI=1S/C22H30N4O2.HI/c1-5-23-21(26-14-22(4,27)19-10-9-16(3)28-19)24-12-11-17-13-25-18-8-6-7-15(2)20(17)18;/h6-10,13,25,27H,5,11-12,14H2,1-4H3,(H2,23,24,26);1H. The van der Waals surface area contributed by atoms with Crippen molar-refractivity contribution in [3.8, 4) is 0 Å². The highest BCUT2D eigenvalue weighted by Crippen LogP contribution is 2.23. The van der Waals surface area contributed by atoms with Crippen LogP contribution in [0.15, 0.2) is 45.9 Å². The quantitative estimate of drug-likeness (QED) is 0.220. The molecule has 4 N–H and O–H groups in total. The number of aromatic amines is 1. The number of aliphatic imine (C=N–C) groups is 1. The second-order valence-corrected chi connectivity index (χ2v) is 7.37. The number of benzene rings is 1. The molecule has 0 aliphatic rings. The third-order valence-electron chi connectivity index (χ3n) is 4.84. The van der Waals surface area contributed by atoms with Crippen LogP contribution in [-0.2, 0) is 12.0 Å². The highest BCUT2D eigenvalue weighted by Gasteiger charge is 2.26. The number of rotatable bonds is 7. The van der Waals surface area contributed by atoms with Crippen molar-refractivity contribution in [1.29, 1.82) is 0 Å². The lowest BCUT2D eigenvalue weighted by atomic mass is 10.0. The average Bonchev–Trinajstić information content (AvgIpc) is 3.27. The highest BCUT2D eigenvalue weighted by molar-refractivity contribution is 14.0. The predicted octanol–water partition coefficient (Wildman–Crippen LogP) is 4.00. The number of guanidine groups is 1. The van der Waals surface area contributed by atoms with Gasteiger partial charge >= 0.3 is 0 Å². The number of nitrogens with one attached hydrogen (secondary N) is 3. The predicted molar refractivity (Wildman–Crippen MR) is 129 cm³/mol. The van der Waals surface area contributed by atoms with Crippen LogP contribution in [0.25, 0.3) is 10.9 Å². The molecule has 1 unspecified atom stereocenters. The number of hydrogen-bond acceptors (Lipinski definition) is 3. The first kappa shape index (κ1) is 23.3. The van der Waals surface area contributed by atoms with E-state index in [1.54, 1.807) is 13.0 Å². The van der Waals surface area contributed by atoms with E-state index in [9.17, 15) is 5.11 Å². The molecule has 1 aromatic carbocycles. The van der Waals surface area contributed by atoms with E-state index in [1.807, 2.05) is 19.9 Å². The van der Waals surface area contributed by atoms with Crippen molar-refractivity contribution in [2.45, 2.75) is 39.7 Å². The summed E-state index contributed by atoms with van der Waals surface area (Å²) in [6.07, 6.45) is 2.95. The fourth-order valence-electron chi connectivity index (χ4n) is 3.34. The van der Waals surface area contributed by atoms with Gasteiger partial charge in [0.2, 0.25) is 0 Å². The van der Waals surface area contributed by atoms with Crippen molar-refractivity contribution in [2.24, 2.45) is 4.99 Å². The molecule has 3 rings (SSSR count). The van der Waals surface area contributed by atoms with E-state index in [-0.39, 0.29) is 30.5 Å². The first-order valence-electron chi connectivity index (χ1n) is 9.78. The lowest BCUT2D eigenvalue weighted by molar-refractivity contribution is 0.0428. The van der Waals surface area contributed by atoms with Crippen LogP contribution in [-0.4, -0.2) is 35.7 Å². The Balaban J connectivity index is 0.00000300. The van der Waals surface area contributed by atoms with E-state index >= 15 is 0 Å². The van der Waals surface area contributed by atoms with Gasteiger partial charge in [-0.3, -0.25) is 0 Å². The van der Waals surface area contributed by atoms with Gasteiger partial charge in [0.15, 0.2) is 5.96 Å². The molecular formula is C22H31IN4O2. The number of aliphatic hydroxyl groups is 1. The van der Waals surface area contributed by atoms with Crippen molar-refractivity contribution in [2.75, 3.05) is 19.6 Å². The van der Waals surface area contributed by atoms with E-state index in [1.165, 1.54) is 22.0 Å². The first-order valence-corrected chi connectivity index (χ1v) is 9.78. The minimum atomic E-state index is -1.15. The second-order valence-electron chi connectivity index (χ2n) is 7.37. The fraction of sp³-hybridized carbons (Fsp3) is 0.409. The van der Waals surface area contributed by atoms with Crippen molar-refractivity contribution in [3.63, 3.8) is 0 Å². The highest BCUT2D eigenvalue weighted by atomic mass is 127. The van der Waals surface area contributed by atoms with E-state index in [0.717, 1.165) is 25.3 Å². The lowest BCUT2D eigenvalue weighted by Crippen LogP contribution is -2.39. The van der Waals surface area contributed by atoms with Gasteiger partial charge in [0.1, 0.15) is 17.1 Å². The summed E-state index contributed by atoms with van der Waals surface area (Å²) in [5.74, 6) is 1.99. The molecule has 158 valence electrons. The number of furan rings is 1. The Hall–Kier alpha value is -2.00. The molecule has 0 radical (unpaired) electrons. The van der Waals surface area contributed by atoms with Crippen LogP contribution >= 0.6 is 24.0 Å². The van der Waals surface area contributed by atoms with Crippen LogP contribution in [0, 0.1) is 13.8 Å². The summed E-state index contributed by atoms with van der Waals surface area (Å²) in [4.78, 5) is 7.89. The Labute approximate surface area is 189 Å². The number of fused-ring (bicyclic) bond motifs is 1. The lowest BCUT2D eigenvalue weighted by Gasteiger charge is -2.19. The largest absolute Gasteiger partial charge is 0.463 e. The van der Waals surface area contributed by atoms with E-state index < -0.39 is 5.60 Å². The van der Waals surface area contributed by atoms with Crippen molar-refractivity contribution >= 4 is 40.8 Å². The summed E-state index contributed by atoms with van der Waals surface area (Å²) in [6.45, 7) is 9.44. The van der Waals surface area contributed by atoms with Gasteiger partial charge in [0.05, 0.1) is 6.54 Å². The number of halogens is 1. The van der Waals surface area contributed by atoms with Crippen LogP contribution in [0.2, 0.25) is 0 Å². The summed E-state index contributed by atoms with van der Waals surface area (Å²) in [7, 11) is 0. The number of H-pyrrole nitrogens is 1. The molecule has 0 amide bonds. The summed E-state index contributed by atoms with van der Waals surface area (Å²) in [5, 5.41) is 18.6. The van der Waals surface area contributed by atoms with Crippen LogP contribution in [0.4, 0.5) is 0 Å². The Morgan fingerprint density at radius 3 is 2.69 bits per heavy atom. The molecule has 0 saturated heterocycles. The number of nitrogens with zero attached hydrogens (tertiary/aromatic N) is 1. The monoisotopic (exact) mass is 510 g/mol. The van der Waals surface area contributed by atoms with Gasteiger partial charge in [-0.2, -0.15) is 0 Å². The van der Waals surface area contributed by atoms with Gasteiger partial charge in [-0.15, -0.1) is 24.0 Å². The average molecular weight is 510 g/mol. The smallest absolute Gasteiger partial charge is 0.191 e. The molecule has 3 aromatic rings. The summed E-state index contributed by atoms with van der Waals surface area (Å²) in [5.41, 5.74) is 2.58. The summed E-state index contributed by atoms with van der Waals surface area (Å²) in [6, 6.07) is 9.95. The second kappa shape index (κ2) is 10.2. The van der Waals surface area contributed by atoms with Crippen LogP contribution < -0.4 is 10.6 Å². The summed E-state index contributed by atoms with van der Waals surface area (Å²) >= 11 is 0. The Morgan fingerprint density at radius 2 is 2.00 bits per heavy atom. The van der Waals surface area contributed by atoms with E-state index in [2.05, 4.69) is 51.9 Å². The molecule has 0 fully saturated rings. The van der Waals surface area contributed by atoms with Crippen LogP contribution in [0.1, 0.15) is 36.5 Å². The molecule has 2 heterocycles. The van der Waals surface area contributed by atoms with E-state index in [4.69, 9.17) is 4.42 Å². The zero-order valence-corrected chi connectivity index (χ0v) is 19.8. The van der Waals surface area contributed by atoms with Crippen LogP contribution in [0.5, 0.6) is 0 Å². The number of aryl methyl sites for hydroxylation is 2. The Bertz CT molecular complexity index is 959. The van der Waals surface area contributed by atoms with Crippen molar-refractivity contribution in [1.82, 2.24) is 15.6 Å². The van der Waals surface area contributed by atoms with Crippen molar-refractivity contribution < 1.29 is 9.52 Å². The van der Waals surface area contributed by atoms with Gasteiger partial charge in [0, 0.05) is 30.2 Å². The molecular weight excluding hydrogens is 479 g/mol. The van der Waals surface area contributed by atoms with Gasteiger partial charge in [-0.05, 0) is 63.4 Å². The SMILES string of the molecule is CCNC(=NCC(C)(O)c1ccc(C)o1)NCCc1c[nH]c2cccc(C)c12.I. The molecule has 6 nitrogen and oxygen atoms in total. The molecule has 0 bridgehead atoms. The van der Waals surface area contributed by atoms with Gasteiger partial charge in [-0.1, -0.05) is 12.1 Å². The van der Waals surface area contributed by atoms with Gasteiger partial charge in [0.25, 0.3) is 0 Å². The molecule has 0 aliphatic carbocycles. The third kappa shape index (κ3) is 5.76. The molecule has 7 heteroatoms. The maximum Gasteiger partial charge on any atom is 0.191 e. The third-order valence-corrected chi connectivity index (χ3v) is 4.84. The molecule has 0 aliphatic heterocycles. The minimum absolute atomic E-state index is 0.